The van der Waals surface area contributed by atoms with Gasteiger partial charge >= 0.3 is 0 Å². The van der Waals surface area contributed by atoms with Gasteiger partial charge < -0.3 is 0 Å². The van der Waals surface area contributed by atoms with E-state index in [9.17, 15) is 0 Å². The summed E-state index contributed by atoms with van der Waals surface area (Å²) >= 11 is 0. The Hall–Kier alpha value is -2.22. The van der Waals surface area contributed by atoms with E-state index in [4.69, 9.17) is 0 Å². The number of aromatic nitrogens is 2. The van der Waals surface area contributed by atoms with Gasteiger partial charge in [-0.1, -0.05) is 36.4 Å². The van der Waals surface area contributed by atoms with E-state index < -0.39 is 0 Å². The second-order valence-electron chi connectivity index (χ2n) is 4.11. The standard InChI is InChI=1S/C15H12N2/c1-11-7-8-13-14(9-11)17-15(10-16-13)12-5-3-2-4-6-12/h2-10H,1H3/i15+1. The maximum Gasteiger partial charge on any atom is 0.0896 e. The monoisotopic (exact) mass is 221 g/mol. The maximum absolute atomic E-state index is 4.64. The first-order valence-corrected chi connectivity index (χ1v) is 5.62. The molecule has 0 aliphatic rings. The summed E-state index contributed by atoms with van der Waals surface area (Å²) in [4.78, 5) is 9.08. The predicted octanol–water partition coefficient (Wildman–Crippen LogP) is 3.61. The normalized spacial score (nSPS) is 10.6. The molecule has 0 atom stereocenters. The fraction of sp³-hybridized carbons (Fsp3) is 0.0667. The van der Waals surface area contributed by atoms with Crippen LogP contribution >= 0.6 is 0 Å². The number of benzene rings is 2. The van der Waals surface area contributed by atoms with E-state index in [2.05, 4.69) is 29.0 Å². The van der Waals surface area contributed by atoms with Gasteiger partial charge in [0.15, 0.2) is 0 Å². The van der Waals surface area contributed by atoms with Crippen LogP contribution in [-0.4, -0.2) is 9.97 Å². The average molecular weight is 221 g/mol. The average Bonchev–Trinajstić information content (AvgIpc) is 2.39. The molecule has 0 aliphatic heterocycles. The zero-order valence-corrected chi connectivity index (χ0v) is 9.59. The predicted molar refractivity (Wildman–Crippen MR) is 69.7 cm³/mol. The molecule has 3 aromatic rings. The van der Waals surface area contributed by atoms with Crippen LogP contribution in [0.25, 0.3) is 22.3 Å². The summed E-state index contributed by atoms with van der Waals surface area (Å²) in [7, 11) is 0. The summed E-state index contributed by atoms with van der Waals surface area (Å²) in [6.07, 6.45) is 1.83. The van der Waals surface area contributed by atoms with E-state index >= 15 is 0 Å². The minimum atomic E-state index is 0.920. The summed E-state index contributed by atoms with van der Waals surface area (Å²) in [5, 5.41) is 0. The maximum atomic E-state index is 4.64. The number of rotatable bonds is 1. The summed E-state index contributed by atoms with van der Waals surface area (Å²) in [5.74, 6) is 0. The molecule has 1 heterocycles. The number of hydrogen-bond acceptors (Lipinski definition) is 2. The highest BCUT2D eigenvalue weighted by Crippen LogP contribution is 2.19. The Bertz CT molecular complexity index is 660. The molecule has 0 amide bonds. The fourth-order valence-electron chi connectivity index (χ4n) is 1.87. The molecule has 0 saturated carbocycles. The van der Waals surface area contributed by atoms with E-state index in [1.807, 2.05) is 42.6 Å². The van der Waals surface area contributed by atoms with Crippen molar-refractivity contribution in [1.82, 2.24) is 9.97 Å². The molecule has 0 fully saturated rings. The Morgan fingerprint density at radius 1 is 0.882 bits per heavy atom. The van der Waals surface area contributed by atoms with Gasteiger partial charge in [0, 0.05) is 5.56 Å². The molecule has 0 spiro atoms. The Morgan fingerprint density at radius 2 is 1.71 bits per heavy atom. The Kier molecular flexibility index (Phi) is 2.33. The minimum absolute atomic E-state index is 0.920. The van der Waals surface area contributed by atoms with E-state index in [-0.39, 0.29) is 0 Å². The van der Waals surface area contributed by atoms with Crippen LogP contribution in [-0.2, 0) is 0 Å². The second-order valence-corrected chi connectivity index (χ2v) is 4.11. The molecule has 82 valence electrons. The second kappa shape index (κ2) is 3.98. The van der Waals surface area contributed by atoms with Crippen LogP contribution in [0.4, 0.5) is 0 Å². The number of hydrogen-bond donors (Lipinski definition) is 0. The zero-order valence-electron chi connectivity index (χ0n) is 9.59. The number of fused-ring (bicyclic) bond motifs is 1. The van der Waals surface area contributed by atoms with Gasteiger partial charge in [0.05, 0.1) is 22.9 Å². The number of aryl methyl sites for hydroxylation is 1. The van der Waals surface area contributed by atoms with E-state index in [0.29, 0.717) is 0 Å². The molecule has 2 nitrogen and oxygen atoms in total. The third-order valence-electron chi connectivity index (χ3n) is 2.77. The lowest BCUT2D eigenvalue weighted by molar-refractivity contribution is 1.28. The van der Waals surface area contributed by atoms with Crippen LogP contribution in [0.2, 0.25) is 0 Å². The van der Waals surface area contributed by atoms with Crippen molar-refractivity contribution in [3.05, 3.63) is 60.3 Å². The summed E-state index contributed by atoms with van der Waals surface area (Å²) in [6, 6.07) is 16.2. The molecule has 2 heteroatoms. The van der Waals surface area contributed by atoms with Crippen molar-refractivity contribution in [2.24, 2.45) is 0 Å². The van der Waals surface area contributed by atoms with Gasteiger partial charge in [-0.2, -0.15) is 0 Å². The SMILES string of the molecule is Cc1ccc2nc[13c](-c3ccccc3)nc2c1. The first-order valence-electron chi connectivity index (χ1n) is 5.62. The molecule has 1 aromatic heterocycles. The minimum Gasteiger partial charge on any atom is -0.252 e. The molecule has 0 unspecified atom stereocenters. The van der Waals surface area contributed by atoms with E-state index in [1.54, 1.807) is 0 Å². The summed E-state index contributed by atoms with van der Waals surface area (Å²) in [5.41, 5.74) is 5.12. The fourth-order valence-corrected chi connectivity index (χ4v) is 1.87. The van der Waals surface area contributed by atoms with Crippen LogP contribution in [0.3, 0.4) is 0 Å². The van der Waals surface area contributed by atoms with Gasteiger partial charge in [0.25, 0.3) is 0 Å². The largest absolute Gasteiger partial charge is 0.252 e. The molecule has 2 aromatic carbocycles. The third-order valence-corrected chi connectivity index (χ3v) is 2.77. The molecule has 0 N–H and O–H groups in total. The van der Waals surface area contributed by atoms with E-state index in [1.165, 1.54) is 5.56 Å². The van der Waals surface area contributed by atoms with Crippen LogP contribution in [0.5, 0.6) is 0 Å². The highest BCUT2D eigenvalue weighted by atomic mass is 14.9. The highest BCUT2D eigenvalue weighted by molar-refractivity contribution is 5.77. The van der Waals surface area contributed by atoms with Crippen molar-refractivity contribution in [3.8, 4) is 11.3 Å². The van der Waals surface area contributed by atoms with Crippen molar-refractivity contribution in [2.45, 2.75) is 6.92 Å². The van der Waals surface area contributed by atoms with Crippen molar-refractivity contribution >= 4 is 11.0 Å². The quantitative estimate of drug-likeness (QED) is 0.627. The van der Waals surface area contributed by atoms with E-state index in [0.717, 1.165) is 22.3 Å². The molecule has 0 saturated heterocycles. The highest BCUT2D eigenvalue weighted by Gasteiger charge is 2.01. The van der Waals surface area contributed by atoms with Crippen LogP contribution in [0.15, 0.2) is 54.7 Å². The molecule has 17 heavy (non-hydrogen) atoms. The van der Waals surface area contributed by atoms with Crippen LogP contribution < -0.4 is 0 Å². The first kappa shape index (κ1) is 9.97. The molecular weight excluding hydrogens is 209 g/mol. The Balaban J connectivity index is 2.19. The molecule has 0 bridgehead atoms. The smallest absolute Gasteiger partial charge is 0.0896 e. The summed E-state index contributed by atoms with van der Waals surface area (Å²) < 4.78 is 0. The van der Waals surface area contributed by atoms with Gasteiger partial charge in [0.1, 0.15) is 0 Å². The molecule has 3 rings (SSSR count). The lowest BCUT2D eigenvalue weighted by Gasteiger charge is -2.03. The van der Waals surface area contributed by atoms with Gasteiger partial charge in [-0.05, 0) is 24.6 Å². The van der Waals surface area contributed by atoms with Gasteiger partial charge in [-0.3, -0.25) is 4.98 Å². The molecule has 0 aliphatic carbocycles. The number of nitrogens with zero attached hydrogens (tertiary/aromatic N) is 2. The van der Waals surface area contributed by atoms with Gasteiger partial charge in [-0.15, -0.1) is 0 Å². The van der Waals surface area contributed by atoms with Crippen molar-refractivity contribution < 1.29 is 0 Å². The third kappa shape index (κ3) is 1.89. The van der Waals surface area contributed by atoms with Crippen LogP contribution in [0, 0.1) is 6.92 Å². The zero-order chi connectivity index (χ0) is 11.7. The topological polar surface area (TPSA) is 25.8 Å². The Morgan fingerprint density at radius 3 is 2.53 bits per heavy atom. The van der Waals surface area contributed by atoms with Crippen LogP contribution in [0.1, 0.15) is 5.56 Å². The summed E-state index contributed by atoms with van der Waals surface area (Å²) in [6.45, 7) is 2.07. The van der Waals surface area contributed by atoms with Crippen molar-refractivity contribution in [3.63, 3.8) is 0 Å². The van der Waals surface area contributed by atoms with Crippen molar-refractivity contribution in [1.29, 1.82) is 0 Å². The molecule has 0 radical (unpaired) electrons. The van der Waals surface area contributed by atoms with Gasteiger partial charge in [-0.25, -0.2) is 4.98 Å². The lowest BCUT2D eigenvalue weighted by atomic mass is 10.2. The van der Waals surface area contributed by atoms with Crippen molar-refractivity contribution in [2.75, 3.05) is 0 Å². The first-order chi connectivity index (χ1) is 8.33. The van der Waals surface area contributed by atoms with Gasteiger partial charge in [0.2, 0.25) is 0 Å². The Labute approximate surface area is 100.0 Å². The lowest BCUT2D eigenvalue weighted by Crippen LogP contribution is -1.88. The molecular formula is C15H12N2.